The molecule has 1 aromatic heterocycles. The Morgan fingerprint density at radius 2 is 2.29 bits per heavy atom. The zero-order chi connectivity index (χ0) is 15.6. The first-order valence-corrected chi connectivity index (χ1v) is 6.60. The predicted molar refractivity (Wildman–Crippen MR) is 76.3 cm³/mol. The van der Waals surface area contributed by atoms with Crippen molar-refractivity contribution in [1.82, 2.24) is 9.78 Å². The van der Waals surface area contributed by atoms with Gasteiger partial charge < -0.3 is 15.4 Å². The molecule has 0 saturated carbocycles. The van der Waals surface area contributed by atoms with Gasteiger partial charge in [-0.25, -0.2) is 4.39 Å². The summed E-state index contributed by atoms with van der Waals surface area (Å²) in [6.45, 7) is 1.38. The van der Waals surface area contributed by atoms with E-state index < -0.39 is 16.6 Å². The Balaban J connectivity index is 2.13. The lowest BCUT2D eigenvalue weighted by molar-refractivity contribution is -0.390. The minimum absolute atomic E-state index is 0.214. The van der Waals surface area contributed by atoms with Gasteiger partial charge in [0.2, 0.25) is 5.91 Å². The second kappa shape index (κ2) is 6.00. The Hall–Kier alpha value is -2.29. The molecule has 1 aromatic carbocycles. The molecule has 0 aliphatic carbocycles. The first-order valence-electron chi connectivity index (χ1n) is 5.81. The Labute approximate surface area is 127 Å². The van der Waals surface area contributed by atoms with Crippen LogP contribution in [0.5, 0.6) is 0 Å². The molecule has 0 spiro atoms. The lowest BCUT2D eigenvalue weighted by Gasteiger charge is -2.04. The fraction of sp³-hybridized carbons (Fsp3) is 0.167. The Morgan fingerprint density at radius 1 is 1.57 bits per heavy atom. The number of anilines is 1. The number of nitrogens with one attached hydrogen (secondary N) is 1. The topological polar surface area (TPSA) is 90.1 Å². The third kappa shape index (κ3) is 3.43. The van der Waals surface area contributed by atoms with Crippen LogP contribution in [0.2, 0.25) is 0 Å². The van der Waals surface area contributed by atoms with Crippen LogP contribution in [-0.2, 0) is 11.3 Å². The summed E-state index contributed by atoms with van der Waals surface area (Å²) in [5, 5.41) is 17.0. The van der Waals surface area contributed by atoms with Gasteiger partial charge in [0.25, 0.3) is 0 Å². The number of nitro groups is 1. The summed E-state index contributed by atoms with van der Waals surface area (Å²) in [5.74, 6) is -1.29. The molecule has 9 heteroatoms. The van der Waals surface area contributed by atoms with Gasteiger partial charge in [-0.05, 0) is 46.0 Å². The van der Waals surface area contributed by atoms with Crippen LogP contribution in [0.1, 0.15) is 5.69 Å². The average Bonchev–Trinajstić information content (AvgIpc) is 2.67. The molecule has 7 nitrogen and oxygen atoms in total. The Bertz CT molecular complexity index is 717. The van der Waals surface area contributed by atoms with Crippen molar-refractivity contribution in [2.75, 3.05) is 5.32 Å². The molecule has 1 amide bonds. The smallest absolute Gasteiger partial charge is 0.358 e. The minimum Gasteiger partial charge on any atom is -0.358 e. The van der Waals surface area contributed by atoms with Gasteiger partial charge in [-0.1, -0.05) is 6.07 Å². The number of amides is 1. The molecule has 2 rings (SSSR count). The molecule has 0 fully saturated rings. The van der Waals surface area contributed by atoms with E-state index in [1.807, 2.05) is 0 Å². The highest BCUT2D eigenvalue weighted by atomic mass is 79.9. The zero-order valence-electron chi connectivity index (χ0n) is 10.8. The number of nitrogens with zero attached hydrogens (tertiary/aromatic N) is 3. The monoisotopic (exact) mass is 356 g/mol. The first kappa shape index (κ1) is 15.1. The number of hydrogen-bond donors (Lipinski definition) is 1. The van der Waals surface area contributed by atoms with Crippen molar-refractivity contribution in [1.29, 1.82) is 0 Å². The quantitative estimate of drug-likeness (QED) is 0.673. The average molecular weight is 357 g/mol. The molecule has 0 aliphatic rings. The number of aromatic nitrogens is 2. The number of benzene rings is 1. The summed E-state index contributed by atoms with van der Waals surface area (Å²) in [7, 11) is 0. The van der Waals surface area contributed by atoms with Crippen molar-refractivity contribution in [2.24, 2.45) is 0 Å². The fourth-order valence-corrected chi connectivity index (χ4v) is 2.11. The van der Waals surface area contributed by atoms with Crippen molar-refractivity contribution in [3.05, 3.63) is 50.4 Å². The molecule has 0 aliphatic heterocycles. The van der Waals surface area contributed by atoms with E-state index in [9.17, 15) is 19.3 Å². The van der Waals surface area contributed by atoms with E-state index in [2.05, 4.69) is 26.3 Å². The summed E-state index contributed by atoms with van der Waals surface area (Å²) in [6.07, 6.45) is 0. The van der Waals surface area contributed by atoms with E-state index in [4.69, 9.17) is 0 Å². The van der Waals surface area contributed by atoms with Crippen LogP contribution in [0.3, 0.4) is 0 Å². The van der Waals surface area contributed by atoms with Crippen LogP contribution in [0.4, 0.5) is 15.9 Å². The van der Waals surface area contributed by atoms with Gasteiger partial charge in [0.1, 0.15) is 16.8 Å². The van der Waals surface area contributed by atoms with Gasteiger partial charge in [-0.3, -0.25) is 4.79 Å². The van der Waals surface area contributed by atoms with Gasteiger partial charge in [0, 0.05) is 5.69 Å². The van der Waals surface area contributed by atoms with E-state index in [1.54, 1.807) is 6.92 Å². The molecule has 0 atom stereocenters. The van der Waals surface area contributed by atoms with Gasteiger partial charge in [0.05, 0.1) is 10.8 Å². The van der Waals surface area contributed by atoms with Crippen molar-refractivity contribution in [3.8, 4) is 0 Å². The number of hydrogen-bond acceptors (Lipinski definition) is 4. The molecule has 21 heavy (non-hydrogen) atoms. The van der Waals surface area contributed by atoms with Gasteiger partial charge in [0.15, 0.2) is 0 Å². The molecular weight excluding hydrogens is 347 g/mol. The summed E-state index contributed by atoms with van der Waals surface area (Å²) in [5.41, 5.74) is 0.759. The molecular formula is C12H10BrFN4O3. The summed E-state index contributed by atoms with van der Waals surface area (Å²) >= 11 is 3.06. The standard InChI is InChI=1S/C12H10BrFN4O3/c1-7-11(13)12(18(20)21)16-17(7)6-10(19)15-9-4-2-3-8(14)5-9/h2-5H,6H2,1H3,(H,15,19). The van der Waals surface area contributed by atoms with Crippen LogP contribution in [0.25, 0.3) is 0 Å². The maximum absolute atomic E-state index is 13.0. The van der Waals surface area contributed by atoms with Crippen LogP contribution < -0.4 is 5.32 Å². The SMILES string of the molecule is Cc1c(Br)c([N+](=O)[O-])nn1CC(=O)Nc1cccc(F)c1. The molecule has 0 radical (unpaired) electrons. The molecule has 1 N–H and O–H groups in total. The molecule has 1 heterocycles. The van der Waals surface area contributed by atoms with Crippen molar-refractivity contribution < 1.29 is 14.1 Å². The molecule has 0 unspecified atom stereocenters. The van der Waals surface area contributed by atoms with E-state index in [0.717, 1.165) is 0 Å². The van der Waals surface area contributed by atoms with Crippen molar-refractivity contribution >= 4 is 33.3 Å². The van der Waals surface area contributed by atoms with E-state index >= 15 is 0 Å². The minimum atomic E-state index is -0.641. The zero-order valence-corrected chi connectivity index (χ0v) is 12.4. The van der Waals surface area contributed by atoms with Crippen LogP contribution in [0, 0.1) is 22.9 Å². The fourth-order valence-electron chi connectivity index (χ4n) is 1.68. The highest BCUT2D eigenvalue weighted by Gasteiger charge is 2.24. The van der Waals surface area contributed by atoms with E-state index in [-0.39, 0.29) is 16.8 Å². The second-order valence-corrected chi connectivity index (χ2v) is 4.99. The number of halogens is 2. The first-order chi connectivity index (χ1) is 9.88. The lowest BCUT2D eigenvalue weighted by atomic mass is 10.3. The molecule has 0 saturated heterocycles. The third-order valence-electron chi connectivity index (χ3n) is 2.69. The van der Waals surface area contributed by atoms with E-state index in [1.165, 1.54) is 28.9 Å². The summed E-state index contributed by atoms with van der Waals surface area (Å²) < 4.78 is 14.4. The highest BCUT2D eigenvalue weighted by molar-refractivity contribution is 9.10. The lowest BCUT2D eigenvalue weighted by Crippen LogP contribution is -2.20. The summed E-state index contributed by atoms with van der Waals surface area (Å²) in [6, 6.07) is 5.43. The Morgan fingerprint density at radius 3 is 2.86 bits per heavy atom. The Kier molecular flexibility index (Phi) is 4.32. The van der Waals surface area contributed by atoms with Gasteiger partial charge >= 0.3 is 5.82 Å². The van der Waals surface area contributed by atoms with Crippen LogP contribution >= 0.6 is 15.9 Å². The van der Waals surface area contributed by atoms with E-state index in [0.29, 0.717) is 11.4 Å². The highest BCUT2D eigenvalue weighted by Crippen LogP contribution is 2.26. The van der Waals surface area contributed by atoms with Crippen LogP contribution in [-0.4, -0.2) is 20.6 Å². The van der Waals surface area contributed by atoms with Crippen LogP contribution in [0.15, 0.2) is 28.7 Å². The molecule has 0 bridgehead atoms. The molecule has 110 valence electrons. The maximum atomic E-state index is 13.0. The second-order valence-electron chi connectivity index (χ2n) is 4.20. The number of rotatable bonds is 4. The number of carbonyl (C=O) groups excluding carboxylic acids is 1. The largest absolute Gasteiger partial charge is 0.404 e. The van der Waals surface area contributed by atoms with Gasteiger partial charge in [-0.2, -0.15) is 4.68 Å². The summed E-state index contributed by atoms with van der Waals surface area (Å²) in [4.78, 5) is 22.0. The number of carbonyl (C=O) groups is 1. The normalized spacial score (nSPS) is 10.4. The maximum Gasteiger partial charge on any atom is 0.404 e. The van der Waals surface area contributed by atoms with Crippen molar-refractivity contribution in [3.63, 3.8) is 0 Å². The predicted octanol–water partition coefficient (Wildman–Crippen LogP) is 2.64. The third-order valence-corrected chi connectivity index (χ3v) is 3.62. The molecule has 2 aromatic rings. The van der Waals surface area contributed by atoms with Crippen molar-refractivity contribution in [2.45, 2.75) is 13.5 Å². The van der Waals surface area contributed by atoms with Gasteiger partial charge in [-0.15, -0.1) is 0 Å².